The first-order valence-corrected chi connectivity index (χ1v) is 5.85. The Hall–Kier alpha value is -1.17. The summed E-state index contributed by atoms with van der Waals surface area (Å²) in [4.78, 5) is 12.5. The van der Waals surface area contributed by atoms with Gasteiger partial charge in [-0.15, -0.1) is 0 Å². The number of hydrogen-bond acceptors (Lipinski definition) is 4. The van der Waals surface area contributed by atoms with Crippen molar-refractivity contribution in [3.63, 3.8) is 0 Å². The predicted octanol–water partition coefficient (Wildman–Crippen LogP) is 1.78. The van der Waals surface area contributed by atoms with Gasteiger partial charge in [0.15, 0.2) is 0 Å². The lowest BCUT2D eigenvalue weighted by molar-refractivity contribution is -0.384. The molecule has 0 aliphatic carbocycles. The van der Waals surface area contributed by atoms with Gasteiger partial charge in [-0.3, -0.25) is 15.0 Å². The van der Waals surface area contributed by atoms with Gasteiger partial charge in [0, 0.05) is 31.7 Å². The van der Waals surface area contributed by atoms with Crippen molar-refractivity contribution < 1.29 is 4.92 Å². The third-order valence-electron chi connectivity index (χ3n) is 2.92. The zero-order chi connectivity index (χ0) is 12.4. The second-order valence-corrected chi connectivity index (χ2v) is 4.73. The summed E-state index contributed by atoms with van der Waals surface area (Å²) in [5.74, 6) is 0. The summed E-state index contributed by atoms with van der Waals surface area (Å²) in [6, 6.07) is 5.15. The number of benzene rings is 1. The van der Waals surface area contributed by atoms with E-state index in [1.165, 1.54) is 6.07 Å². The summed E-state index contributed by atoms with van der Waals surface area (Å²) in [6.45, 7) is 2.47. The maximum absolute atomic E-state index is 10.8. The minimum atomic E-state index is -0.457. The first kappa shape index (κ1) is 12.3. The van der Waals surface area contributed by atoms with E-state index in [4.69, 9.17) is 17.3 Å². The largest absolute Gasteiger partial charge is 0.326 e. The van der Waals surface area contributed by atoms with Gasteiger partial charge in [0.25, 0.3) is 5.69 Å². The predicted molar refractivity (Wildman–Crippen MR) is 66.0 cm³/mol. The molecule has 2 rings (SSSR count). The molecule has 0 bridgehead atoms. The SMILES string of the molecule is N[C@@H]1CCN(Cc2ccc(Cl)c([N+](=O)[O-])c2)C1. The fourth-order valence-corrected chi connectivity index (χ4v) is 2.25. The van der Waals surface area contributed by atoms with Gasteiger partial charge in [-0.05, 0) is 18.1 Å². The molecule has 0 amide bonds. The second kappa shape index (κ2) is 5.00. The van der Waals surface area contributed by atoms with Crippen LogP contribution >= 0.6 is 11.6 Å². The number of nitro benzene ring substituents is 1. The lowest BCUT2D eigenvalue weighted by Gasteiger charge is -2.14. The number of rotatable bonds is 3. The van der Waals surface area contributed by atoms with E-state index in [0.717, 1.165) is 25.1 Å². The highest BCUT2D eigenvalue weighted by molar-refractivity contribution is 6.32. The standard InChI is InChI=1S/C11H14ClN3O2/c12-10-2-1-8(5-11(10)15(16)17)6-14-4-3-9(13)7-14/h1-2,5,9H,3-4,6-7,13H2/t9-/m1/s1. The van der Waals surface area contributed by atoms with Crippen LogP contribution in [0.15, 0.2) is 18.2 Å². The maximum Gasteiger partial charge on any atom is 0.288 e. The Kier molecular flexibility index (Phi) is 3.61. The molecular weight excluding hydrogens is 242 g/mol. The third kappa shape index (κ3) is 2.94. The molecule has 0 unspecified atom stereocenters. The smallest absolute Gasteiger partial charge is 0.288 e. The van der Waals surface area contributed by atoms with Gasteiger partial charge < -0.3 is 5.73 Å². The van der Waals surface area contributed by atoms with Crippen LogP contribution < -0.4 is 5.73 Å². The fourth-order valence-electron chi connectivity index (χ4n) is 2.06. The fraction of sp³-hybridized carbons (Fsp3) is 0.455. The van der Waals surface area contributed by atoms with E-state index in [0.29, 0.717) is 6.54 Å². The molecule has 1 saturated heterocycles. The number of likely N-dealkylation sites (tertiary alicyclic amines) is 1. The molecule has 0 saturated carbocycles. The molecule has 1 aliphatic rings. The van der Waals surface area contributed by atoms with Gasteiger partial charge in [0.2, 0.25) is 0 Å². The molecule has 5 nitrogen and oxygen atoms in total. The Morgan fingerprint density at radius 1 is 1.59 bits per heavy atom. The van der Waals surface area contributed by atoms with E-state index < -0.39 is 4.92 Å². The highest BCUT2D eigenvalue weighted by atomic mass is 35.5. The molecule has 1 aromatic carbocycles. The summed E-state index contributed by atoms with van der Waals surface area (Å²) in [5, 5.41) is 10.9. The molecular formula is C11H14ClN3O2. The minimum Gasteiger partial charge on any atom is -0.326 e. The molecule has 17 heavy (non-hydrogen) atoms. The van der Waals surface area contributed by atoms with Crippen LogP contribution in [0, 0.1) is 10.1 Å². The van der Waals surface area contributed by atoms with Crippen molar-refractivity contribution in [2.75, 3.05) is 13.1 Å². The normalized spacial score (nSPS) is 20.7. The maximum atomic E-state index is 10.8. The highest BCUT2D eigenvalue weighted by Gasteiger charge is 2.20. The van der Waals surface area contributed by atoms with E-state index in [1.54, 1.807) is 6.07 Å². The Balaban J connectivity index is 2.11. The Morgan fingerprint density at radius 3 is 2.94 bits per heavy atom. The van der Waals surface area contributed by atoms with Crippen LogP contribution in [0.3, 0.4) is 0 Å². The average Bonchev–Trinajstić information content (AvgIpc) is 2.66. The van der Waals surface area contributed by atoms with Crippen molar-refractivity contribution in [3.8, 4) is 0 Å². The third-order valence-corrected chi connectivity index (χ3v) is 3.24. The van der Waals surface area contributed by atoms with E-state index >= 15 is 0 Å². The van der Waals surface area contributed by atoms with E-state index in [2.05, 4.69) is 4.90 Å². The molecule has 1 aliphatic heterocycles. The topological polar surface area (TPSA) is 72.4 Å². The molecule has 1 fully saturated rings. The van der Waals surface area contributed by atoms with Crippen LogP contribution in [0.2, 0.25) is 5.02 Å². The van der Waals surface area contributed by atoms with Crippen molar-refractivity contribution in [2.45, 2.75) is 19.0 Å². The quantitative estimate of drug-likeness (QED) is 0.660. The van der Waals surface area contributed by atoms with Gasteiger partial charge in [-0.2, -0.15) is 0 Å². The summed E-state index contributed by atoms with van der Waals surface area (Å²) in [5.41, 5.74) is 6.67. The highest BCUT2D eigenvalue weighted by Crippen LogP contribution is 2.26. The van der Waals surface area contributed by atoms with Crippen molar-refractivity contribution in [1.29, 1.82) is 0 Å². The molecule has 2 N–H and O–H groups in total. The van der Waals surface area contributed by atoms with Gasteiger partial charge in [-0.1, -0.05) is 17.7 Å². The number of halogens is 1. The van der Waals surface area contributed by atoms with Crippen molar-refractivity contribution >= 4 is 17.3 Å². The number of nitrogens with two attached hydrogens (primary N) is 1. The number of nitrogens with zero attached hydrogens (tertiary/aromatic N) is 2. The summed E-state index contributed by atoms with van der Waals surface area (Å²) in [7, 11) is 0. The lowest BCUT2D eigenvalue weighted by atomic mass is 10.2. The lowest BCUT2D eigenvalue weighted by Crippen LogP contribution is -2.26. The first-order chi connectivity index (χ1) is 8.06. The zero-order valence-corrected chi connectivity index (χ0v) is 10.1. The van der Waals surface area contributed by atoms with Crippen molar-refractivity contribution in [2.24, 2.45) is 5.73 Å². The van der Waals surface area contributed by atoms with E-state index in [1.807, 2.05) is 6.07 Å². The zero-order valence-electron chi connectivity index (χ0n) is 9.30. The van der Waals surface area contributed by atoms with Crippen LogP contribution in [0.5, 0.6) is 0 Å². The second-order valence-electron chi connectivity index (χ2n) is 4.33. The van der Waals surface area contributed by atoms with Crippen LogP contribution in [-0.4, -0.2) is 29.0 Å². The van der Waals surface area contributed by atoms with Crippen LogP contribution in [0.4, 0.5) is 5.69 Å². The first-order valence-electron chi connectivity index (χ1n) is 5.47. The number of nitro groups is 1. The van der Waals surface area contributed by atoms with Gasteiger partial charge in [0.1, 0.15) is 5.02 Å². The molecule has 1 aromatic rings. The van der Waals surface area contributed by atoms with Crippen LogP contribution in [0.25, 0.3) is 0 Å². The van der Waals surface area contributed by atoms with Gasteiger partial charge in [0.05, 0.1) is 4.92 Å². The minimum absolute atomic E-state index is 0.0346. The van der Waals surface area contributed by atoms with Crippen LogP contribution in [0.1, 0.15) is 12.0 Å². The Labute approximate surface area is 104 Å². The molecule has 92 valence electrons. The molecule has 0 spiro atoms. The molecule has 1 atom stereocenters. The molecule has 1 heterocycles. The Morgan fingerprint density at radius 2 is 2.35 bits per heavy atom. The summed E-state index contributed by atoms with van der Waals surface area (Å²) < 4.78 is 0. The van der Waals surface area contributed by atoms with E-state index in [-0.39, 0.29) is 16.8 Å². The number of hydrogen-bond donors (Lipinski definition) is 1. The van der Waals surface area contributed by atoms with Gasteiger partial charge >= 0.3 is 0 Å². The molecule has 0 aromatic heterocycles. The monoisotopic (exact) mass is 255 g/mol. The summed E-state index contributed by atoms with van der Waals surface area (Å²) >= 11 is 5.76. The average molecular weight is 256 g/mol. The molecule has 0 radical (unpaired) electrons. The van der Waals surface area contributed by atoms with Gasteiger partial charge in [-0.25, -0.2) is 0 Å². The molecule has 6 heteroatoms. The van der Waals surface area contributed by atoms with Crippen molar-refractivity contribution in [3.05, 3.63) is 38.9 Å². The van der Waals surface area contributed by atoms with Crippen molar-refractivity contribution in [1.82, 2.24) is 4.90 Å². The Bertz CT molecular complexity index is 439. The van der Waals surface area contributed by atoms with Crippen LogP contribution in [-0.2, 0) is 6.54 Å². The van der Waals surface area contributed by atoms with E-state index in [9.17, 15) is 10.1 Å². The summed E-state index contributed by atoms with van der Waals surface area (Å²) in [6.07, 6.45) is 0.982.